The van der Waals surface area contributed by atoms with E-state index < -0.39 is 0 Å². The third kappa shape index (κ3) is 2.48. The molecule has 0 aliphatic heterocycles. The first kappa shape index (κ1) is 10.4. The Bertz CT molecular complexity index is 462. The highest BCUT2D eigenvalue weighted by atomic mass is 19.1. The summed E-state index contributed by atoms with van der Waals surface area (Å²) in [5, 5.41) is 2.67. The second kappa shape index (κ2) is 4.61. The van der Waals surface area contributed by atoms with E-state index in [1.54, 1.807) is 24.3 Å². The van der Waals surface area contributed by atoms with Gasteiger partial charge in [0, 0.05) is 6.54 Å². The Morgan fingerprint density at radius 3 is 2.62 bits per heavy atom. The third-order valence-electron chi connectivity index (χ3n) is 2.11. The Morgan fingerprint density at radius 2 is 2.00 bits per heavy atom. The van der Waals surface area contributed by atoms with Crippen molar-refractivity contribution in [3.05, 3.63) is 59.8 Å². The van der Waals surface area contributed by atoms with Crippen molar-refractivity contribution in [2.45, 2.75) is 6.54 Å². The summed E-state index contributed by atoms with van der Waals surface area (Å²) >= 11 is 0. The molecule has 2 aromatic rings. The van der Waals surface area contributed by atoms with Gasteiger partial charge in [-0.3, -0.25) is 4.79 Å². The van der Waals surface area contributed by atoms with Crippen molar-refractivity contribution in [2.24, 2.45) is 0 Å². The zero-order valence-corrected chi connectivity index (χ0v) is 8.44. The number of carbonyl (C=O) groups excluding carboxylic acids is 1. The molecule has 0 unspecified atom stereocenters. The van der Waals surface area contributed by atoms with Crippen LogP contribution >= 0.6 is 0 Å². The van der Waals surface area contributed by atoms with Gasteiger partial charge in [-0.25, -0.2) is 4.39 Å². The van der Waals surface area contributed by atoms with Crippen molar-refractivity contribution in [1.29, 1.82) is 0 Å². The maximum atomic E-state index is 12.6. The zero-order chi connectivity index (χ0) is 11.4. The summed E-state index contributed by atoms with van der Waals surface area (Å²) in [6.45, 7) is 0.347. The number of furan rings is 1. The van der Waals surface area contributed by atoms with Crippen molar-refractivity contribution in [3.63, 3.8) is 0 Å². The van der Waals surface area contributed by atoms with Crippen LogP contribution in [0.2, 0.25) is 0 Å². The van der Waals surface area contributed by atoms with E-state index in [2.05, 4.69) is 5.32 Å². The van der Waals surface area contributed by atoms with Gasteiger partial charge in [-0.2, -0.15) is 0 Å². The maximum absolute atomic E-state index is 12.6. The fourth-order valence-electron chi connectivity index (χ4n) is 1.28. The van der Waals surface area contributed by atoms with Gasteiger partial charge < -0.3 is 9.73 Å². The molecule has 0 spiro atoms. The van der Waals surface area contributed by atoms with Crippen molar-refractivity contribution in [3.8, 4) is 0 Å². The molecule has 2 rings (SSSR count). The van der Waals surface area contributed by atoms with E-state index in [9.17, 15) is 9.18 Å². The van der Waals surface area contributed by atoms with Crippen molar-refractivity contribution >= 4 is 5.91 Å². The lowest BCUT2D eigenvalue weighted by molar-refractivity contribution is 0.0923. The van der Waals surface area contributed by atoms with Crippen LogP contribution in [0.15, 0.2) is 47.1 Å². The fraction of sp³-hybridized carbons (Fsp3) is 0.0833. The molecule has 16 heavy (non-hydrogen) atoms. The maximum Gasteiger partial charge on any atom is 0.287 e. The monoisotopic (exact) mass is 219 g/mol. The van der Waals surface area contributed by atoms with Gasteiger partial charge in [-0.15, -0.1) is 0 Å². The second-order valence-corrected chi connectivity index (χ2v) is 3.29. The lowest BCUT2D eigenvalue weighted by atomic mass is 10.2. The molecule has 0 aliphatic rings. The SMILES string of the molecule is O=C(NCc1ccc(F)cc1)c1ccco1. The molecule has 0 aliphatic carbocycles. The van der Waals surface area contributed by atoms with Gasteiger partial charge in [0.25, 0.3) is 5.91 Å². The Balaban J connectivity index is 1.93. The Morgan fingerprint density at radius 1 is 1.25 bits per heavy atom. The summed E-state index contributed by atoms with van der Waals surface area (Å²) in [4.78, 5) is 11.5. The predicted molar refractivity (Wildman–Crippen MR) is 56.3 cm³/mol. The number of hydrogen-bond donors (Lipinski definition) is 1. The molecule has 4 heteroatoms. The number of hydrogen-bond acceptors (Lipinski definition) is 2. The minimum Gasteiger partial charge on any atom is -0.459 e. The third-order valence-corrected chi connectivity index (χ3v) is 2.11. The van der Waals surface area contributed by atoms with E-state index in [4.69, 9.17) is 4.42 Å². The standard InChI is InChI=1S/C12H10FNO2/c13-10-5-3-9(4-6-10)8-14-12(15)11-2-1-7-16-11/h1-7H,8H2,(H,14,15). The molecule has 1 amide bonds. The first-order valence-corrected chi connectivity index (χ1v) is 4.82. The van der Waals surface area contributed by atoms with Crippen molar-refractivity contribution < 1.29 is 13.6 Å². The summed E-state index contributed by atoms with van der Waals surface area (Å²) in [5.74, 6) is -0.308. The van der Waals surface area contributed by atoms with E-state index in [-0.39, 0.29) is 17.5 Å². The van der Waals surface area contributed by atoms with Crippen LogP contribution in [-0.4, -0.2) is 5.91 Å². The smallest absolute Gasteiger partial charge is 0.287 e. The molecule has 0 atom stereocenters. The molecule has 0 fully saturated rings. The minimum atomic E-state index is -0.291. The Kier molecular flexibility index (Phi) is 3.00. The van der Waals surface area contributed by atoms with Gasteiger partial charge >= 0.3 is 0 Å². The van der Waals surface area contributed by atoms with Crippen molar-refractivity contribution in [1.82, 2.24) is 5.32 Å². The lowest BCUT2D eigenvalue weighted by Crippen LogP contribution is -2.22. The van der Waals surface area contributed by atoms with Gasteiger partial charge in [0.1, 0.15) is 5.82 Å². The Labute approximate surface area is 91.9 Å². The normalized spacial score (nSPS) is 10.1. The Hall–Kier alpha value is -2.10. The summed E-state index contributed by atoms with van der Waals surface area (Å²) < 4.78 is 17.5. The minimum absolute atomic E-state index is 0.266. The van der Waals surface area contributed by atoms with Crippen molar-refractivity contribution in [2.75, 3.05) is 0 Å². The second-order valence-electron chi connectivity index (χ2n) is 3.29. The molecule has 3 nitrogen and oxygen atoms in total. The van der Waals surface area contributed by atoms with Crippen LogP contribution in [0.3, 0.4) is 0 Å². The van der Waals surface area contributed by atoms with E-state index >= 15 is 0 Å². The topological polar surface area (TPSA) is 42.2 Å². The summed E-state index contributed by atoms with van der Waals surface area (Å²) in [6, 6.07) is 9.19. The number of nitrogens with one attached hydrogen (secondary N) is 1. The summed E-state index contributed by atoms with van der Waals surface area (Å²) in [6.07, 6.45) is 1.44. The number of amides is 1. The summed E-state index contributed by atoms with van der Waals surface area (Å²) in [5.41, 5.74) is 0.835. The number of carbonyl (C=O) groups is 1. The fourth-order valence-corrected chi connectivity index (χ4v) is 1.28. The highest BCUT2D eigenvalue weighted by molar-refractivity contribution is 5.91. The molecule has 1 aromatic carbocycles. The number of halogens is 1. The summed E-state index contributed by atoms with van der Waals surface area (Å²) in [7, 11) is 0. The first-order valence-electron chi connectivity index (χ1n) is 4.82. The van der Waals surface area contributed by atoms with Crippen LogP contribution < -0.4 is 5.32 Å². The zero-order valence-electron chi connectivity index (χ0n) is 8.44. The first-order chi connectivity index (χ1) is 7.75. The molecular formula is C12H10FNO2. The largest absolute Gasteiger partial charge is 0.459 e. The van der Waals surface area contributed by atoms with Crippen LogP contribution in [0.4, 0.5) is 4.39 Å². The molecule has 0 saturated carbocycles. The van der Waals surface area contributed by atoms with Crippen LogP contribution in [-0.2, 0) is 6.54 Å². The van der Waals surface area contributed by atoms with E-state index in [1.807, 2.05) is 0 Å². The van der Waals surface area contributed by atoms with Gasteiger partial charge in [0.05, 0.1) is 6.26 Å². The average molecular weight is 219 g/mol. The quantitative estimate of drug-likeness (QED) is 0.860. The van der Waals surface area contributed by atoms with Gasteiger partial charge in [0.2, 0.25) is 0 Å². The number of benzene rings is 1. The predicted octanol–water partition coefficient (Wildman–Crippen LogP) is 2.35. The van der Waals surface area contributed by atoms with E-state index in [0.29, 0.717) is 6.54 Å². The van der Waals surface area contributed by atoms with Gasteiger partial charge in [-0.1, -0.05) is 12.1 Å². The van der Waals surface area contributed by atoms with Crippen LogP contribution in [0.25, 0.3) is 0 Å². The average Bonchev–Trinajstić information content (AvgIpc) is 2.81. The van der Waals surface area contributed by atoms with Crippen LogP contribution in [0.5, 0.6) is 0 Å². The van der Waals surface area contributed by atoms with Crippen LogP contribution in [0.1, 0.15) is 16.1 Å². The molecule has 0 radical (unpaired) electrons. The van der Waals surface area contributed by atoms with Gasteiger partial charge in [0.15, 0.2) is 5.76 Å². The molecule has 1 aromatic heterocycles. The molecule has 1 heterocycles. The molecule has 0 saturated heterocycles. The highest BCUT2D eigenvalue weighted by Crippen LogP contribution is 2.04. The molecular weight excluding hydrogens is 209 g/mol. The molecule has 82 valence electrons. The number of rotatable bonds is 3. The van der Waals surface area contributed by atoms with Gasteiger partial charge in [-0.05, 0) is 29.8 Å². The molecule has 0 bridgehead atoms. The molecule has 1 N–H and O–H groups in total. The van der Waals surface area contributed by atoms with Crippen LogP contribution in [0, 0.1) is 5.82 Å². The highest BCUT2D eigenvalue weighted by Gasteiger charge is 2.07. The van der Waals surface area contributed by atoms with E-state index in [1.165, 1.54) is 18.4 Å². The lowest BCUT2D eigenvalue weighted by Gasteiger charge is -2.02. The van der Waals surface area contributed by atoms with E-state index in [0.717, 1.165) is 5.56 Å².